The predicted molar refractivity (Wildman–Crippen MR) is 125 cm³/mol. The largest absolute Gasteiger partial charge is 0.431 e. The summed E-state index contributed by atoms with van der Waals surface area (Å²) in [5.41, 5.74) is -4.71. The minimum atomic E-state index is -4.94. The number of ether oxygens (including phenoxy) is 1. The van der Waals surface area contributed by atoms with Gasteiger partial charge in [0.1, 0.15) is 17.3 Å². The van der Waals surface area contributed by atoms with E-state index in [2.05, 4.69) is 0 Å². The third-order valence-electron chi connectivity index (χ3n) is 5.77. The van der Waals surface area contributed by atoms with E-state index < -0.39 is 39.9 Å². The second-order valence-electron chi connectivity index (χ2n) is 8.70. The van der Waals surface area contributed by atoms with Crippen LogP contribution in [0.5, 0.6) is 0 Å². The van der Waals surface area contributed by atoms with Gasteiger partial charge >= 0.3 is 11.9 Å². The molecule has 0 N–H and O–H groups in total. The molecule has 12 heteroatoms. The van der Waals surface area contributed by atoms with Crippen LogP contribution < -0.4 is 11.2 Å². The van der Waals surface area contributed by atoms with Crippen LogP contribution in [0.15, 0.2) is 32.7 Å². The van der Waals surface area contributed by atoms with Gasteiger partial charge in [-0.15, -0.1) is 11.8 Å². The van der Waals surface area contributed by atoms with Crippen molar-refractivity contribution in [2.24, 2.45) is 13.0 Å². The smallest absolute Gasteiger partial charge is 0.378 e. The summed E-state index contributed by atoms with van der Waals surface area (Å²) in [6, 6.07) is 2.21. The lowest BCUT2D eigenvalue weighted by atomic mass is 10.0. The van der Waals surface area contributed by atoms with Crippen molar-refractivity contribution in [2.45, 2.75) is 62.0 Å². The number of ketones is 1. The van der Waals surface area contributed by atoms with Gasteiger partial charge in [0, 0.05) is 31.0 Å². The Morgan fingerprint density at radius 3 is 2.51 bits per heavy atom. The van der Waals surface area contributed by atoms with Crippen molar-refractivity contribution >= 4 is 29.1 Å². The number of thioether (sulfide) groups is 1. The van der Waals surface area contributed by atoms with Crippen molar-refractivity contribution in [2.75, 3.05) is 6.61 Å². The minimum Gasteiger partial charge on any atom is -0.378 e. The number of nitrogens with zero attached hydrogens (tertiary/aromatic N) is 2. The van der Waals surface area contributed by atoms with Gasteiger partial charge in [-0.2, -0.15) is 13.2 Å². The monoisotopic (exact) mass is 536 g/mol. The number of hydrogen-bond acceptors (Lipinski definition) is 5. The number of rotatable bonds is 8. The molecule has 2 heterocycles. The van der Waals surface area contributed by atoms with Crippen LogP contribution in [0.2, 0.25) is 5.02 Å². The Balaban J connectivity index is 1.97. The maximum absolute atomic E-state index is 14.8. The van der Waals surface area contributed by atoms with Crippen LogP contribution >= 0.6 is 23.4 Å². The number of hydrogen-bond donors (Lipinski definition) is 0. The summed E-state index contributed by atoms with van der Waals surface area (Å²) in [7, 11) is 0.839. The molecule has 35 heavy (non-hydrogen) atoms. The zero-order valence-electron chi connectivity index (χ0n) is 19.3. The van der Waals surface area contributed by atoms with Crippen LogP contribution in [0.25, 0.3) is 5.69 Å². The second-order valence-corrected chi connectivity index (χ2v) is 10.3. The van der Waals surface area contributed by atoms with E-state index in [0.717, 1.165) is 43.8 Å². The molecule has 0 radical (unpaired) electrons. The van der Waals surface area contributed by atoms with E-state index in [9.17, 15) is 31.9 Å². The fourth-order valence-corrected chi connectivity index (χ4v) is 5.36. The van der Waals surface area contributed by atoms with Crippen LogP contribution in [0.3, 0.4) is 0 Å². The van der Waals surface area contributed by atoms with Gasteiger partial charge in [0.25, 0.3) is 5.56 Å². The number of carbonyl (C=O) groups is 1. The van der Waals surface area contributed by atoms with Crippen molar-refractivity contribution < 1.29 is 27.1 Å². The Morgan fingerprint density at radius 2 is 1.94 bits per heavy atom. The Labute approximate surface area is 208 Å². The zero-order valence-corrected chi connectivity index (χ0v) is 20.9. The molecule has 2 unspecified atom stereocenters. The van der Waals surface area contributed by atoms with E-state index in [0.29, 0.717) is 17.6 Å². The molecule has 0 aliphatic carbocycles. The molecule has 192 valence electrons. The molecule has 0 bridgehead atoms. The lowest BCUT2D eigenvalue weighted by Gasteiger charge is -2.21. The fraction of sp³-hybridized carbons (Fsp3) is 0.522. The van der Waals surface area contributed by atoms with Crippen LogP contribution in [-0.2, 0) is 22.8 Å². The number of aromatic nitrogens is 2. The van der Waals surface area contributed by atoms with Gasteiger partial charge in [-0.25, -0.2) is 13.8 Å². The van der Waals surface area contributed by atoms with Crippen LogP contribution in [0.4, 0.5) is 17.6 Å². The van der Waals surface area contributed by atoms with Crippen molar-refractivity contribution in [3.63, 3.8) is 0 Å². The highest BCUT2D eigenvalue weighted by atomic mass is 35.5. The molecule has 6 nitrogen and oxygen atoms in total. The Hall–Kier alpha value is -2.11. The van der Waals surface area contributed by atoms with Crippen LogP contribution in [0, 0.1) is 11.7 Å². The molecular weight excluding hydrogens is 512 g/mol. The molecule has 3 rings (SSSR count). The van der Waals surface area contributed by atoms with Gasteiger partial charge in [0.2, 0.25) is 0 Å². The number of alkyl halides is 3. The molecule has 1 aromatic heterocycles. The van der Waals surface area contributed by atoms with E-state index in [4.69, 9.17) is 16.3 Å². The summed E-state index contributed by atoms with van der Waals surface area (Å²) in [6.07, 6.45) is -2.18. The van der Waals surface area contributed by atoms with Gasteiger partial charge in [-0.3, -0.25) is 14.2 Å². The molecule has 1 aliphatic rings. The molecule has 1 fully saturated rings. The van der Waals surface area contributed by atoms with Crippen molar-refractivity contribution in [3.05, 3.63) is 55.6 Å². The summed E-state index contributed by atoms with van der Waals surface area (Å²) in [5, 5.41) is -0.606. The fourth-order valence-electron chi connectivity index (χ4n) is 3.93. The number of carbonyl (C=O) groups excluding carboxylic acids is 1. The molecule has 0 spiro atoms. The summed E-state index contributed by atoms with van der Waals surface area (Å²) >= 11 is 7.27. The molecular formula is C23H25ClF4N2O4S. The highest BCUT2D eigenvalue weighted by Gasteiger charge is 2.35. The first kappa shape index (κ1) is 27.5. The Bertz CT molecular complexity index is 1220. The molecule has 2 aromatic rings. The zero-order chi connectivity index (χ0) is 26.1. The molecule has 1 aliphatic heterocycles. The topological polar surface area (TPSA) is 70.3 Å². The maximum Gasteiger partial charge on any atom is 0.431 e. The van der Waals surface area contributed by atoms with Gasteiger partial charge in [0.15, 0.2) is 0 Å². The third kappa shape index (κ3) is 6.18. The summed E-state index contributed by atoms with van der Waals surface area (Å²) in [6.45, 7) is 4.37. The van der Waals surface area contributed by atoms with Crippen molar-refractivity contribution in [1.82, 2.24) is 9.13 Å². The van der Waals surface area contributed by atoms with Gasteiger partial charge in [-0.05, 0) is 37.3 Å². The Morgan fingerprint density at radius 1 is 1.26 bits per heavy atom. The highest BCUT2D eigenvalue weighted by Crippen LogP contribution is 2.37. The van der Waals surface area contributed by atoms with E-state index in [1.165, 1.54) is 0 Å². The SMILES string of the molecule is CC(C)C(Sc1cc(-n2c(=O)cc(C(F)(F)F)n(C)c2=O)c(F)cc1Cl)C(=O)CCC1CCCO1. The van der Waals surface area contributed by atoms with Crippen LogP contribution in [0.1, 0.15) is 45.2 Å². The van der Waals surface area contributed by atoms with Crippen molar-refractivity contribution in [3.8, 4) is 5.69 Å². The van der Waals surface area contributed by atoms with E-state index >= 15 is 0 Å². The second kappa shape index (κ2) is 10.9. The third-order valence-corrected chi connectivity index (χ3v) is 7.84. The first-order valence-corrected chi connectivity index (χ1v) is 12.3. The standard InChI is InChI=1S/C23H25ClF4N2O4S/c1-12(2)21(17(31)7-6-13-5-4-8-34-13)35-18-10-16(15(25)9-14(18)24)30-20(32)11-19(23(26,27)28)29(3)22(30)33/h9-13,21H,4-8H2,1-3H3. The number of Topliss-reactive ketones (excluding diaryl/α,β-unsaturated/α-hetero) is 1. The lowest BCUT2D eigenvalue weighted by Crippen LogP contribution is -2.41. The van der Waals surface area contributed by atoms with E-state index in [1.807, 2.05) is 13.8 Å². The van der Waals surface area contributed by atoms with Crippen molar-refractivity contribution in [1.29, 1.82) is 0 Å². The lowest BCUT2D eigenvalue weighted by molar-refractivity contribution is -0.144. The van der Waals surface area contributed by atoms with E-state index in [1.54, 1.807) is 0 Å². The predicted octanol–water partition coefficient (Wildman–Crippen LogP) is 4.99. The number of halogens is 5. The first-order valence-electron chi connectivity index (χ1n) is 11.0. The summed E-state index contributed by atoms with van der Waals surface area (Å²) < 4.78 is 60.4. The Kier molecular flexibility index (Phi) is 8.54. The average Bonchev–Trinajstić information content (AvgIpc) is 3.28. The van der Waals surface area contributed by atoms with Gasteiger partial charge < -0.3 is 4.74 Å². The van der Waals surface area contributed by atoms with Gasteiger partial charge in [-0.1, -0.05) is 25.4 Å². The van der Waals surface area contributed by atoms with Crippen LogP contribution in [-0.4, -0.2) is 32.9 Å². The highest BCUT2D eigenvalue weighted by molar-refractivity contribution is 8.00. The molecule has 2 atom stereocenters. The summed E-state index contributed by atoms with van der Waals surface area (Å²) in [4.78, 5) is 38.2. The average molecular weight is 537 g/mol. The summed E-state index contributed by atoms with van der Waals surface area (Å²) in [5.74, 6) is -1.24. The van der Waals surface area contributed by atoms with E-state index in [-0.39, 0.29) is 44.8 Å². The molecule has 1 aromatic carbocycles. The maximum atomic E-state index is 14.8. The normalized spacial score (nSPS) is 17.2. The molecule has 0 saturated carbocycles. The molecule has 1 saturated heterocycles. The molecule has 0 amide bonds. The minimum absolute atomic E-state index is 0.0422. The first-order chi connectivity index (χ1) is 16.3. The quantitative estimate of drug-likeness (QED) is 0.351. The van der Waals surface area contributed by atoms with Gasteiger partial charge in [0.05, 0.1) is 22.1 Å². The number of benzene rings is 1.